The summed E-state index contributed by atoms with van der Waals surface area (Å²) < 4.78 is 2.33. The van der Waals surface area contributed by atoms with Gasteiger partial charge in [-0.15, -0.1) is 0 Å². The third-order valence-corrected chi connectivity index (χ3v) is 6.54. The van der Waals surface area contributed by atoms with Gasteiger partial charge in [-0.1, -0.05) is 80.1 Å². The van der Waals surface area contributed by atoms with Gasteiger partial charge < -0.3 is 4.57 Å². The summed E-state index contributed by atoms with van der Waals surface area (Å²) in [5, 5.41) is 4.38. The van der Waals surface area contributed by atoms with Crippen molar-refractivity contribution in [3.05, 3.63) is 102 Å². The van der Waals surface area contributed by atoms with Crippen LogP contribution >= 0.6 is 0 Å². The van der Waals surface area contributed by atoms with Crippen molar-refractivity contribution in [2.75, 3.05) is 0 Å². The van der Waals surface area contributed by atoms with E-state index >= 15 is 0 Å². The summed E-state index contributed by atoms with van der Waals surface area (Å²) in [6.45, 7) is 3.07. The van der Waals surface area contributed by atoms with Crippen LogP contribution in [0, 0.1) is 0 Å². The number of carbonyl (C=O) groups excluding carboxylic acids is 1. The molecule has 3 heteroatoms. The van der Waals surface area contributed by atoms with Crippen LogP contribution in [0.15, 0.2) is 91.0 Å². The van der Waals surface area contributed by atoms with Gasteiger partial charge in [-0.05, 0) is 30.7 Å². The van der Waals surface area contributed by atoms with Crippen molar-refractivity contribution < 1.29 is 4.79 Å². The first kappa shape index (κ1) is 19.7. The van der Waals surface area contributed by atoms with E-state index < -0.39 is 0 Å². The molecule has 0 spiro atoms. The number of nitrogens with zero attached hydrogens (tertiary/aromatic N) is 2. The zero-order valence-electron chi connectivity index (χ0n) is 18.6. The molecule has 160 valence electrons. The van der Waals surface area contributed by atoms with Crippen LogP contribution in [0.25, 0.3) is 43.6 Å². The Labute approximate surface area is 192 Å². The minimum atomic E-state index is 0.0227. The third kappa shape index (κ3) is 3.12. The molecule has 0 saturated carbocycles. The molecule has 2 heterocycles. The fourth-order valence-electron chi connectivity index (χ4n) is 4.95. The van der Waals surface area contributed by atoms with E-state index in [-0.39, 0.29) is 5.78 Å². The fraction of sp³-hybridized carbons (Fsp3) is 0.133. The van der Waals surface area contributed by atoms with E-state index in [0.717, 1.165) is 52.1 Å². The number of para-hydroxylation sites is 2. The molecule has 0 saturated heterocycles. The first-order valence-corrected chi connectivity index (χ1v) is 11.6. The van der Waals surface area contributed by atoms with E-state index in [9.17, 15) is 4.79 Å². The van der Waals surface area contributed by atoms with Crippen molar-refractivity contribution in [1.29, 1.82) is 0 Å². The number of fused-ring (bicyclic) bond motifs is 5. The van der Waals surface area contributed by atoms with Crippen LogP contribution < -0.4 is 0 Å². The van der Waals surface area contributed by atoms with Gasteiger partial charge in [0.25, 0.3) is 0 Å². The van der Waals surface area contributed by atoms with Crippen molar-refractivity contribution in [3.8, 4) is 0 Å². The molecule has 2 aromatic heterocycles. The molecule has 0 aliphatic heterocycles. The second-order valence-corrected chi connectivity index (χ2v) is 8.62. The lowest BCUT2D eigenvalue weighted by molar-refractivity contribution is 0.104. The summed E-state index contributed by atoms with van der Waals surface area (Å²) in [6.07, 6.45) is 2.14. The van der Waals surface area contributed by atoms with Crippen molar-refractivity contribution in [2.24, 2.45) is 0 Å². The number of rotatable bonds is 5. The predicted octanol–water partition coefficient (Wildman–Crippen LogP) is 7.53. The zero-order chi connectivity index (χ0) is 22.4. The van der Waals surface area contributed by atoms with Gasteiger partial charge in [-0.25, -0.2) is 4.98 Å². The predicted molar refractivity (Wildman–Crippen MR) is 137 cm³/mol. The Balaban J connectivity index is 1.82. The number of ketones is 1. The molecule has 6 aromatic rings. The second kappa shape index (κ2) is 7.86. The highest BCUT2D eigenvalue weighted by molar-refractivity contribution is 6.27. The lowest BCUT2D eigenvalue weighted by Gasteiger charge is -2.13. The molecule has 3 nitrogen and oxygen atoms in total. The van der Waals surface area contributed by atoms with Gasteiger partial charge in [0, 0.05) is 39.2 Å². The Bertz CT molecular complexity index is 1660. The van der Waals surface area contributed by atoms with Crippen LogP contribution in [-0.2, 0) is 6.54 Å². The molecule has 33 heavy (non-hydrogen) atoms. The number of aromatic nitrogens is 2. The van der Waals surface area contributed by atoms with Gasteiger partial charge in [0.1, 0.15) is 0 Å². The first-order chi connectivity index (χ1) is 16.3. The van der Waals surface area contributed by atoms with E-state index in [1.165, 1.54) is 10.9 Å². The summed E-state index contributed by atoms with van der Waals surface area (Å²) >= 11 is 0. The number of aryl methyl sites for hydroxylation is 1. The molecule has 0 bridgehead atoms. The number of hydrogen-bond acceptors (Lipinski definition) is 2. The molecule has 0 N–H and O–H groups in total. The fourth-order valence-corrected chi connectivity index (χ4v) is 4.95. The van der Waals surface area contributed by atoms with Crippen LogP contribution in [0.3, 0.4) is 0 Å². The third-order valence-electron chi connectivity index (χ3n) is 6.54. The lowest BCUT2D eigenvalue weighted by Crippen LogP contribution is -2.08. The van der Waals surface area contributed by atoms with E-state index in [1.807, 2.05) is 48.5 Å². The summed E-state index contributed by atoms with van der Waals surface area (Å²) in [5.74, 6) is 0.0227. The summed E-state index contributed by atoms with van der Waals surface area (Å²) in [7, 11) is 0. The van der Waals surface area contributed by atoms with Crippen molar-refractivity contribution in [3.63, 3.8) is 0 Å². The molecule has 0 unspecified atom stereocenters. The van der Waals surface area contributed by atoms with Crippen LogP contribution in [-0.4, -0.2) is 15.3 Å². The van der Waals surface area contributed by atoms with Crippen LogP contribution in [0.2, 0.25) is 0 Å². The highest BCUT2D eigenvalue weighted by atomic mass is 16.1. The van der Waals surface area contributed by atoms with Gasteiger partial charge >= 0.3 is 0 Å². The topological polar surface area (TPSA) is 34.9 Å². The molecule has 0 aliphatic rings. The van der Waals surface area contributed by atoms with E-state index in [2.05, 4.69) is 54.0 Å². The maximum atomic E-state index is 14.1. The Morgan fingerprint density at radius 1 is 0.818 bits per heavy atom. The quantitative estimate of drug-likeness (QED) is 0.210. The van der Waals surface area contributed by atoms with Crippen LogP contribution in [0.4, 0.5) is 0 Å². The SMILES string of the molecule is CCCCn1c2ccccc2c2cc3cc4ccccc4nc3c(C(=O)c3ccccc3)c21. The molecule has 0 amide bonds. The Kier molecular flexibility index (Phi) is 4.69. The lowest BCUT2D eigenvalue weighted by atomic mass is 9.96. The van der Waals surface area contributed by atoms with Gasteiger partial charge in [0.05, 0.1) is 22.1 Å². The van der Waals surface area contributed by atoms with Crippen LogP contribution in [0.1, 0.15) is 35.7 Å². The van der Waals surface area contributed by atoms with Crippen molar-refractivity contribution >= 4 is 49.4 Å². The van der Waals surface area contributed by atoms with Gasteiger partial charge in [-0.3, -0.25) is 4.79 Å². The second-order valence-electron chi connectivity index (χ2n) is 8.62. The minimum absolute atomic E-state index is 0.0227. The average Bonchev–Trinajstić information content (AvgIpc) is 3.18. The highest BCUT2D eigenvalue weighted by Crippen LogP contribution is 2.37. The number of benzene rings is 4. The largest absolute Gasteiger partial charge is 0.340 e. The Hall–Kier alpha value is -3.98. The van der Waals surface area contributed by atoms with E-state index in [0.29, 0.717) is 11.1 Å². The maximum Gasteiger partial charge on any atom is 0.197 e. The monoisotopic (exact) mass is 428 g/mol. The molecule has 0 radical (unpaired) electrons. The van der Waals surface area contributed by atoms with Crippen molar-refractivity contribution in [2.45, 2.75) is 26.3 Å². The maximum absolute atomic E-state index is 14.1. The summed E-state index contributed by atoms with van der Waals surface area (Å²) in [4.78, 5) is 19.1. The molecule has 6 rings (SSSR count). The number of hydrogen-bond donors (Lipinski definition) is 0. The molecule has 0 atom stereocenters. The van der Waals surface area contributed by atoms with E-state index in [1.54, 1.807) is 0 Å². The van der Waals surface area contributed by atoms with Gasteiger partial charge in [0.15, 0.2) is 5.78 Å². The molecular weight excluding hydrogens is 404 g/mol. The minimum Gasteiger partial charge on any atom is -0.340 e. The molecular formula is C30H24N2O. The summed E-state index contributed by atoms with van der Waals surface area (Å²) in [5.41, 5.74) is 5.23. The highest BCUT2D eigenvalue weighted by Gasteiger charge is 2.23. The Morgan fingerprint density at radius 3 is 2.42 bits per heavy atom. The van der Waals surface area contributed by atoms with E-state index in [4.69, 9.17) is 4.98 Å². The first-order valence-electron chi connectivity index (χ1n) is 11.6. The van der Waals surface area contributed by atoms with Crippen LogP contribution in [0.5, 0.6) is 0 Å². The summed E-state index contributed by atoms with van der Waals surface area (Å²) in [6, 6.07) is 30.6. The standard InChI is InChI=1S/C30H24N2O/c1-2-3-17-32-26-16-10-8-14-23(26)24-19-22-18-21-13-7-9-15-25(21)31-28(22)27(29(24)32)30(33)20-11-5-4-6-12-20/h4-16,18-19H,2-3,17H2,1H3. The number of pyridine rings is 1. The number of carbonyl (C=O) groups is 1. The zero-order valence-corrected chi connectivity index (χ0v) is 18.6. The van der Waals surface area contributed by atoms with Gasteiger partial charge in [0.2, 0.25) is 0 Å². The van der Waals surface area contributed by atoms with Gasteiger partial charge in [-0.2, -0.15) is 0 Å². The average molecular weight is 429 g/mol. The van der Waals surface area contributed by atoms with Crippen molar-refractivity contribution in [1.82, 2.24) is 9.55 Å². The molecule has 4 aromatic carbocycles. The normalized spacial score (nSPS) is 11.7. The Morgan fingerprint density at radius 2 is 1.58 bits per heavy atom. The molecule has 0 fully saturated rings. The molecule has 0 aliphatic carbocycles. The number of unbranched alkanes of at least 4 members (excludes halogenated alkanes) is 1. The smallest absolute Gasteiger partial charge is 0.197 e.